The minimum Gasteiger partial charge on any atom is -0.394 e. The van der Waals surface area contributed by atoms with Crippen LogP contribution in [0.25, 0.3) is 0 Å². The van der Waals surface area contributed by atoms with Crippen LogP contribution in [0.2, 0.25) is 0 Å². The highest BCUT2D eigenvalue weighted by Gasteiger charge is 2.38. The number of hydrogen-bond acceptors (Lipinski definition) is 4. The fourth-order valence-electron chi connectivity index (χ4n) is 2.64. The van der Waals surface area contributed by atoms with Crippen LogP contribution in [0.15, 0.2) is 17.0 Å². The lowest BCUT2D eigenvalue weighted by Gasteiger charge is -2.29. The van der Waals surface area contributed by atoms with Crippen molar-refractivity contribution in [2.45, 2.75) is 49.0 Å². The number of benzene rings is 1. The molecule has 0 bridgehead atoms. The van der Waals surface area contributed by atoms with Crippen LogP contribution in [0, 0.1) is 11.6 Å². The smallest absolute Gasteiger partial charge is 0.262 e. The number of methoxy groups -OCH3 is 1. The van der Waals surface area contributed by atoms with Crippen molar-refractivity contribution in [3.8, 4) is 0 Å². The lowest BCUT2D eigenvalue weighted by Crippen LogP contribution is -2.45. The first-order valence-corrected chi connectivity index (χ1v) is 8.07. The molecule has 122 valence electrons. The molecule has 0 spiro atoms. The molecule has 1 amide bonds. The van der Waals surface area contributed by atoms with E-state index in [1.54, 1.807) is 0 Å². The van der Waals surface area contributed by atoms with Gasteiger partial charge in [0.2, 0.25) is 0 Å². The standard InChI is InChI=1S/C15H20F2N2O2S/c1-21-15(6-4-2-3-5-7-15)14(20)19-22-10-8-11(16)13(18)12(17)9-10/h8-9H,2-7,18H2,1H3,(H,19,20). The molecule has 1 aromatic rings. The normalized spacial score (nSPS) is 17.8. The molecule has 4 nitrogen and oxygen atoms in total. The Bertz CT molecular complexity index is 523. The number of anilines is 1. The molecule has 1 aliphatic rings. The van der Waals surface area contributed by atoms with Gasteiger partial charge in [-0.3, -0.25) is 9.52 Å². The largest absolute Gasteiger partial charge is 0.394 e. The maximum absolute atomic E-state index is 13.4. The molecule has 1 fully saturated rings. The second-order valence-electron chi connectivity index (χ2n) is 5.45. The van der Waals surface area contributed by atoms with Crippen LogP contribution in [0.3, 0.4) is 0 Å². The zero-order valence-corrected chi connectivity index (χ0v) is 13.3. The quantitative estimate of drug-likeness (QED) is 0.504. The molecule has 0 saturated heterocycles. The number of rotatable bonds is 4. The Balaban J connectivity index is 2.05. The maximum Gasteiger partial charge on any atom is 0.262 e. The predicted octanol–water partition coefficient (Wildman–Crippen LogP) is 3.41. The number of nitrogens with one attached hydrogen (secondary N) is 1. The van der Waals surface area contributed by atoms with E-state index >= 15 is 0 Å². The first kappa shape index (κ1) is 17.0. The molecule has 7 heteroatoms. The van der Waals surface area contributed by atoms with Gasteiger partial charge < -0.3 is 10.5 Å². The van der Waals surface area contributed by atoms with Crippen LogP contribution in [-0.2, 0) is 9.53 Å². The monoisotopic (exact) mass is 330 g/mol. The molecule has 0 atom stereocenters. The first-order chi connectivity index (χ1) is 10.5. The van der Waals surface area contributed by atoms with E-state index in [1.807, 2.05) is 0 Å². The second kappa shape index (κ2) is 7.28. The Hall–Kier alpha value is -1.34. The van der Waals surface area contributed by atoms with Crippen LogP contribution in [0.1, 0.15) is 38.5 Å². The summed E-state index contributed by atoms with van der Waals surface area (Å²) in [6.07, 6.45) is 5.33. The second-order valence-corrected chi connectivity index (χ2v) is 6.33. The highest BCUT2D eigenvalue weighted by molar-refractivity contribution is 7.98. The summed E-state index contributed by atoms with van der Waals surface area (Å²) in [4.78, 5) is 12.7. The van der Waals surface area contributed by atoms with Gasteiger partial charge >= 0.3 is 0 Å². The molecule has 0 aromatic heterocycles. The van der Waals surface area contributed by atoms with E-state index in [0.29, 0.717) is 12.8 Å². The predicted molar refractivity (Wildman–Crippen MR) is 82.2 cm³/mol. The Labute approximate surface area is 132 Å². The Morgan fingerprint density at radius 3 is 2.27 bits per heavy atom. The van der Waals surface area contributed by atoms with E-state index in [-0.39, 0.29) is 10.8 Å². The number of hydrogen-bond donors (Lipinski definition) is 2. The van der Waals surface area contributed by atoms with Gasteiger partial charge in [0, 0.05) is 12.0 Å². The number of ether oxygens (including phenoxy) is 1. The minimum atomic E-state index is -0.853. The van der Waals surface area contributed by atoms with Crippen molar-refractivity contribution in [2.24, 2.45) is 0 Å². The zero-order valence-electron chi connectivity index (χ0n) is 12.5. The highest BCUT2D eigenvalue weighted by Crippen LogP contribution is 2.31. The van der Waals surface area contributed by atoms with Crippen molar-refractivity contribution in [1.29, 1.82) is 0 Å². The van der Waals surface area contributed by atoms with Crippen molar-refractivity contribution in [3.05, 3.63) is 23.8 Å². The van der Waals surface area contributed by atoms with E-state index < -0.39 is 22.9 Å². The summed E-state index contributed by atoms with van der Waals surface area (Å²) >= 11 is 0.865. The van der Waals surface area contributed by atoms with Crippen LogP contribution in [-0.4, -0.2) is 18.6 Å². The number of halogens is 2. The minimum absolute atomic E-state index is 0.248. The molecule has 0 unspecified atom stereocenters. The highest BCUT2D eigenvalue weighted by atomic mass is 32.2. The summed E-state index contributed by atoms with van der Waals surface area (Å²) in [5.74, 6) is -1.94. The molecule has 0 heterocycles. The van der Waals surface area contributed by atoms with Gasteiger partial charge in [-0.15, -0.1) is 0 Å². The number of amides is 1. The van der Waals surface area contributed by atoms with Crippen LogP contribution < -0.4 is 10.5 Å². The summed E-state index contributed by atoms with van der Waals surface area (Å²) in [7, 11) is 1.53. The third-order valence-electron chi connectivity index (χ3n) is 4.03. The molecule has 1 aromatic carbocycles. The number of carbonyl (C=O) groups is 1. The van der Waals surface area contributed by atoms with E-state index in [4.69, 9.17) is 10.5 Å². The Morgan fingerprint density at radius 1 is 1.23 bits per heavy atom. The Morgan fingerprint density at radius 2 is 1.77 bits per heavy atom. The summed E-state index contributed by atoms with van der Waals surface area (Å²) in [5, 5.41) is 0. The van der Waals surface area contributed by atoms with Crippen molar-refractivity contribution in [3.63, 3.8) is 0 Å². The van der Waals surface area contributed by atoms with E-state index in [9.17, 15) is 13.6 Å². The summed E-state index contributed by atoms with van der Waals surface area (Å²) < 4.78 is 34.9. The van der Waals surface area contributed by atoms with Crippen LogP contribution >= 0.6 is 11.9 Å². The van der Waals surface area contributed by atoms with E-state index in [1.165, 1.54) is 7.11 Å². The lowest BCUT2D eigenvalue weighted by atomic mass is 9.93. The maximum atomic E-state index is 13.4. The van der Waals surface area contributed by atoms with Crippen molar-refractivity contribution in [1.82, 2.24) is 4.72 Å². The van der Waals surface area contributed by atoms with Gasteiger partial charge in [-0.05, 0) is 36.9 Å². The number of nitrogens with two attached hydrogens (primary N) is 1. The van der Waals surface area contributed by atoms with Gasteiger partial charge in [0.25, 0.3) is 5.91 Å². The molecule has 1 saturated carbocycles. The van der Waals surface area contributed by atoms with Gasteiger partial charge in [-0.1, -0.05) is 25.7 Å². The third kappa shape index (κ3) is 3.70. The molecule has 3 N–H and O–H groups in total. The van der Waals surface area contributed by atoms with Gasteiger partial charge in [-0.2, -0.15) is 0 Å². The lowest BCUT2D eigenvalue weighted by molar-refractivity contribution is -0.143. The fourth-order valence-corrected chi connectivity index (χ4v) is 3.36. The van der Waals surface area contributed by atoms with Gasteiger partial charge in [0.1, 0.15) is 22.9 Å². The average Bonchev–Trinajstić information content (AvgIpc) is 2.76. The molecular weight excluding hydrogens is 310 g/mol. The molecule has 0 radical (unpaired) electrons. The van der Waals surface area contributed by atoms with Crippen LogP contribution in [0.4, 0.5) is 14.5 Å². The molecule has 22 heavy (non-hydrogen) atoms. The fraction of sp³-hybridized carbons (Fsp3) is 0.533. The van der Waals surface area contributed by atoms with Crippen molar-refractivity contribution >= 4 is 23.5 Å². The summed E-state index contributed by atoms with van der Waals surface area (Å²) in [6.45, 7) is 0. The number of nitrogen functional groups attached to an aromatic ring is 1. The van der Waals surface area contributed by atoms with Crippen molar-refractivity contribution in [2.75, 3.05) is 12.8 Å². The van der Waals surface area contributed by atoms with Gasteiger partial charge in [0.15, 0.2) is 0 Å². The zero-order chi connectivity index (χ0) is 16.2. The van der Waals surface area contributed by atoms with Crippen LogP contribution in [0.5, 0.6) is 0 Å². The molecule has 0 aliphatic heterocycles. The summed E-state index contributed by atoms with van der Waals surface area (Å²) in [6, 6.07) is 2.19. The summed E-state index contributed by atoms with van der Waals surface area (Å²) in [5.41, 5.74) is 3.84. The topological polar surface area (TPSA) is 64.3 Å². The molecular formula is C15H20F2N2O2S. The van der Waals surface area contributed by atoms with E-state index in [0.717, 1.165) is 49.8 Å². The Kier molecular flexibility index (Phi) is 5.63. The molecule has 1 aliphatic carbocycles. The average molecular weight is 330 g/mol. The van der Waals surface area contributed by atoms with Crippen molar-refractivity contribution < 1.29 is 18.3 Å². The van der Waals surface area contributed by atoms with Gasteiger partial charge in [0.05, 0.1) is 0 Å². The first-order valence-electron chi connectivity index (χ1n) is 7.25. The molecule has 2 rings (SSSR count). The van der Waals surface area contributed by atoms with Gasteiger partial charge in [-0.25, -0.2) is 8.78 Å². The number of carbonyl (C=O) groups excluding carboxylic acids is 1. The van der Waals surface area contributed by atoms with E-state index in [2.05, 4.69) is 4.72 Å². The SMILES string of the molecule is COC1(C(=O)NSc2cc(F)c(N)c(F)c2)CCCCCC1. The third-order valence-corrected chi connectivity index (χ3v) is 4.79.